The Hall–Kier alpha value is -2.68. The summed E-state index contributed by atoms with van der Waals surface area (Å²) in [6.07, 6.45) is 4.33. The zero-order chi connectivity index (χ0) is 21.7. The summed E-state index contributed by atoms with van der Waals surface area (Å²) in [6.45, 7) is 0.220. The Bertz CT molecular complexity index is 1040. The molecule has 30 heavy (non-hydrogen) atoms. The highest BCUT2D eigenvalue weighted by Crippen LogP contribution is 2.30. The second-order valence-corrected chi connectivity index (χ2v) is 7.84. The van der Waals surface area contributed by atoms with Gasteiger partial charge in [-0.2, -0.15) is 0 Å². The SMILES string of the molecule is O=C(O)CCN(c1ccc(C(=O)Nc2c(Cl)cncc2Cl)cc1)c1ccc(Br)cn1. The van der Waals surface area contributed by atoms with E-state index in [2.05, 4.69) is 31.2 Å². The molecule has 154 valence electrons. The largest absolute Gasteiger partial charge is 0.481 e. The number of aliphatic carboxylic acids is 1. The first-order chi connectivity index (χ1) is 14.3. The van der Waals surface area contributed by atoms with E-state index in [1.807, 2.05) is 6.07 Å². The number of rotatable bonds is 7. The van der Waals surface area contributed by atoms with Crippen LogP contribution >= 0.6 is 39.1 Å². The van der Waals surface area contributed by atoms with Crippen LogP contribution in [0, 0.1) is 0 Å². The highest BCUT2D eigenvalue weighted by Gasteiger charge is 2.15. The van der Waals surface area contributed by atoms with E-state index >= 15 is 0 Å². The van der Waals surface area contributed by atoms with E-state index in [4.69, 9.17) is 28.3 Å². The average molecular weight is 510 g/mol. The number of amides is 1. The zero-order valence-corrected chi connectivity index (χ0v) is 18.4. The summed E-state index contributed by atoms with van der Waals surface area (Å²) in [4.78, 5) is 33.6. The van der Waals surface area contributed by atoms with Crippen LogP contribution in [-0.4, -0.2) is 33.5 Å². The van der Waals surface area contributed by atoms with E-state index in [1.54, 1.807) is 41.4 Å². The van der Waals surface area contributed by atoms with Crippen LogP contribution in [0.5, 0.6) is 0 Å². The quantitative estimate of drug-likeness (QED) is 0.442. The fraction of sp³-hybridized carbons (Fsp3) is 0.100. The van der Waals surface area contributed by atoms with E-state index in [0.717, 1.165) is 4.47 Å². The number of carboxylic acids is 1. The van der Waals surface area contributed by atoms with Gasteiger partial charge in [0.2, 0.25) is 0 Å². The third-order valence-corrected chi connectivity index (χ3v) is 5.11. The van der Waals surface area contributed by atoms with Gasteiger partial charge in [-0.25, -0.2) is 4.98 Å². The molecule has 0 aliphatic rings. The van der Waals surface area contributed by atoms with E-state index in [-0.39, 0.29) is 28.7 Å². The molecule has 0 aliphatic heterocycles. The molecule has 2 heterocycles. The molecule has 10 heteroatoms. The minimum Gasteiger partial charge on any atom is -0.481 e. The first kappa shape index (κ1) is 22.0. The summed E-state index contributed by atoms with van der Waals surface area (Å²) < 4.78 is 0.810. The molecule has 7 nitrogen and oxygen atoms in total. The molecule has 0 bridgehead atoms. The average Bonchev–Trinajstić information content (AvgIpc) is 2.72. The number of anilines is 3. The molecule has 0 saturated heterocycles. The summed E-state index contributed by atoms with van der Waals surface area (Å²) in [7, 11) is 0. The number of carboxylic acid groups (broad SMARTS) is 1. The summed E-state index contributed by atoms with van der Waals surface area (Å²) >= 11 is 15.4. The van der Waals surface area contributed by atoms with Crippen LogP contribution in [0.25, 0.3) is 0 Å². The van der Waals surface area contributed by atoms with Gasteiger partial charge >= 0.3 is 5.97 Å². The molecule has 0 aliphatic carbocycles. The lowest BCUT2D eigenvalue weighted by atomic mass is 10.1. The molecule has 0 fully saturated rings. The molecule has 1 amide bonds. The lowest BCUT2D eigenvalue weighted by molar-refractivity contribution is -0.136. The van der Waals surface area contributed by atoms with Gasteiger partial charge in [0, 0.05) is 40.9 Å². The Balaban J connectivity index is 1.82. The van der Waals surface area contributed by atoms with E-state index in [1.165, 1.54) is 12.4 Å². The van der Waals surface area contributed by atoms with Gasteiger partial charge in [-0.3, -0.25) is 14.6 Å². The molecule has 2 aromatic heterocycles. The maximum absolute atomic E-state index is 12.6. The number of carbonyl (C=O) groups excluding carboxylic acids is 1. The first-order valence-corrected chi connectivity index (χ1v) is 10.2. The Morgan fingerprint density at radius 1 is 1.03 bits per heavy atom. The van der Waals surface area contributed by atoms with E-state index < -0.39 is 11.9 Å². The van der Waals surface area contributed by atoms with Gasteiger partial charge in [0.05, 0.1) is 22.2 Å². The van der Waals surface area contributed by atoms with Crippen molar-refractivity contribution in [3.63, 3.8) is 0 Å². The van der Waals surface area contributed by atoms with Crippen LogP contribution in [-0.2, 0) is 4.79 Å². The smallest absolute Gasteiger partial charge is 0.305 e. The van der Waals surface area contributed by atoms with Crippen molar-refractivity contribution in [1.82, 2.24) is 9.97 Å². The number of nitrogens with one attached hydrogen (secondary N) is 1. The van der Waals surface area contributed by atoms with Crippen LogP contribution in [0.1, 0.15) is 16.8 Å². The number of nitrogens with zero attached hydrogens (tertiary/aromatic N) is 3. The molecule has 0 radical (unpaired) electrons. The van der Waals surface area contributed by atoms with Crippen LogP contribution in [0.15, 0.2) is 59.5 Å². The third kappa shape index (κ3) is 5.47. The van der Waals surface area contributed by atoms with Crippen molar-refractivity contribution in [3.8, 4) is 0 Å². The van der Waals surface area contributed by atoms with Gasteiger partial charge in [0.25, 0.3) is 5.91 Å². The van der Waals surface area contributed by atoms with Crippen molar-refractivity contribution in [1.29, 1.82) is 0 Å². The van der Waals surface area contributed by atoms with Gasteiger partial charge in [-0.1, -0.05) is 23.2 Å². The Kier molecular flexibility index (Phi) is 7.25. The molecule has 0 unspecified atom stereocenters. The standard InChI is InChI=1S/C20H15BrCl2N4O3/c21-13-3-6-17(25-9-13)27(8-7-18(28)29)14-4-1-12(2-5-14)20(30)26-19-15(22)10-24-11-16(19)23/h1-6,9-11H,7-8H2,(H,28,29)(H,24,26,30). The number of benzene rings is 1. The normalized spacial score (nSPS) is 10.5. The maximum atomic E-state index is 12.6. The number of carbonyl (C=O) groups is 2. The summed E-state index contributed by atoms with van der Waals surface area (Å²) in [6, 6.07) is 10.3. The third-order valence-electron chi connectivity index (χ3n) is 4.07. The van der Waals surface area contributed by atoms with Crippen molar-refractivity contribution in [3.05, 3.63) is 75.1 Å². The van der Waals surface area contributed by atoms with Gasteiger partial charge in [0.1, 0.15) is 5.82 Å². The number of halogens is 3. The fourth-order valence-electron chi connectivity index (χ4n) is 2.62. The zero-order valence-electron chi connectivity index (χ0n) is 15.3. The van der Waals surface area contributed by atoms with Crippen LogP contribution in [0.3, 0.4) is 0 Å². The van der Waals surface area contributed by atoms with Gasteiger partial charge in [0.15, 0.2) is 0 Å². The molecule has 3 aromatic rings. The molecule has 2 N–H and O–H groups in total. The van der Waals surface area contributed by atoms with Gasteiger partial charge in [-0.15, -0.1) is 0 Å². The van der Waals surface area contributed by atoms with Crippen molar-refractivity contribution >= 4 is 68.2 Å². The minimum atomic E-state index is -0.917. The summed E-state index contributed by atoms with van der Waals surface area (Å²) in [5.74, 6) is -0.721. The highest BCUT2D eigenvalue weighted by molar-refractivity contribution is 9.10. The number of pyridine rings is 2. The molecular formula is C20H15BrCl2N4O3. The molecule has 0 spiro atoms. The van der Waals surface area contributed by atoms with E-state index in [9.17, 15) is 9.59 Å². The fourth-order valence-corrected chi connectivity index (χ4v) is 3.31. The van der Waals surface area contributed by atoms with Gasteiger partial charge in [-0.05, 0) is 52.3 Å². The van der Waals surface area contributed by atoms with Gasteiger partial charge < -0.3 is 15.3 Å². The predicted octanol–water partition coefficient (Wildman–Crippen LogP) is 5.41. The van der Waals surface area contributed by atoms with Crippen LogP contribution in [0.4, 0.5) is 17.2 Å². The number of hydrogen-bond donors (Lipinski definition) is 2. The molecule has 0 saturated carbocycles. The topological polar surface area (TPSA) is 95.4 Å². The number of aromatic nitrogens is 2. The van der Waals surface area contributed by atoms with E-state index in [0.29, 0.717) is 17.1 Å². The van der Waals surface area contributed by atoms with Crippen molar-refractivity contribution in [2.24, 2.45) is 0 Å². The monoisotopic (exact) mass is 508 g/mol. The predicted molar refractivity (Wildman–Crippen MR) is 120 cm³/mol. The summed E-state index contributed by atoms with van der Waals surface area (Å²) in [5.41, 5.74) is 1.36. The highest BCUT2D eigenvalue weighted by atomic mass is 79.9. The van der Waals surface area contributed by atoms with Crippen LogP contribution in [0.2, 0.25) is 10.0 Å². The Morgan fingerprint density at radius 3 is 2.27 bits per heavy atom. The van der Waals surface area contributed by atoms with Crippen molar-refractivity contribution < 1.29 is 14.7 Å². The first-order valence-electron chi connectivity index (χ1n) is 8.66. The molecule has 1 aromatic carbocycles. The number of hydrogen-bond acceptors (Lipinski definition) is 5. The lowest BCUT2D eigenvalue weighted by Gasteiger charge is -2.23. The Labute approximate surface area is 190 Å². The minimum absolute atomic E-state index is 0.0704. The summed E-state index contributed by atoms with van der Waals surface area (Å²) in [5, 5.41) is 12.2. The molecular weight excluding hydrogens is 495 g/mol. The van der Waals surface area contributed by atoms with Crippen molar-refractivity contribution in [2.75, 3.05) is 16.8 Å². The van der Waals surface area contributed by atoms with Crippen LogP contribution < -0.4 is 10.2 Å². The molecule has 3 rings (SSSR count). The van der Waals surface area contributed by atoms with Crippen molar-refractivity contribution in [2.45, 2.75) is 6.42 Å². The second-order valence-electron chi connectivity index (χ2n) is 6.11. The Morgan fingerprint density at radius 2 is 1.70 bits per heavy atom. The maximum Gasteiger partial charge on any atom is 0.305 e. The second kappa shape index (κ2) is 9.88. The lowest BCUT2D eigenvalue weighted by Crippen LogP contribution is -2.22. The molecule has 0 atom stereocenters.